The van der Waals surface area contributed by atoms with Crippen LogP contribution in [0.4, 0.5) is 15.8 Å². The summed E-state index contributed by atoms with van der Waals surface area (Å²) in [6.07, 6.45) is 0. The molecule has 0 atom stereocenters. The topological polar surface area (TPSA) is 82.2 Å². The SMILES string of the molecule is O=c1[nH]n2c(=O)cc(-c3cccc(Cl)c3)[nH]c2c1Nc1ccc(F)cc1. The average Bonchev–Trinajstić information content (AvgIpc) is 2.93. The molecule has 0 fully saturated rings. The lowest BCUT2D eigenvalue weighted by atomic mass is 10.1. The van der Waals surface area contributed by atoms with Gasteiger partial charge in [0.05, 0.1) is 5.69 Å². The van der Waals surface area contributed by atoms with Gasteiger partial charge in [0.15, 0.2) is 5.65 Å². The highest BCUT2D eigenvalue weighted by Gasteiger charge is 2.14. The third kappa shape index (κ3) is 2.89. The monoisotopic (exact) mass is 370 g/mol. The number of anilines is 2. The van der Waals surface area contributed by atoms with Crippen LogP contribution in [0.2, 0.25) is 5.02 Å². The van der Waals surface area contributed by atoms with Crippen LogP contribution in [-0.2, 0) is 0 Å². The lowest BCUT2D eigenvalue weighted by molar-refractivity contribution is 0.628. The van der Waals surface area contributed by atoms with Gasteiger partial charge in [-0.05, 0) is 42.0 Å². The second-order valence-corrected chi connectivity index (χ2v) is 6.10. The predicted octanol–water partition coefficient (Wildman–Crippen LogP) is 3.52. The van der Waals surface area contributed by atoms with Gasteiger partial charge >= 0.3 is 0 Å². The number of H-pyrrole nitrogens is 2. The Balaban J connectivity index is 1.88. The van der Waals surface area contributed by atoms with E-state index in [2.05, 4.69) is 15.4 Å². The summed E-state index contributed by atoms with van der Waals surface area (Å²) in [4.78, 5) is 27.7. The molecule has 0 amide bonds. The zero-order chi connectivity index (χ0) is 18.3. The van der Waals surface area contributed by atoms with Crippen LogP contribution in [-0.4, -0.2) is 14.6 Å². The Kier molecular flexibility index (Phi) is 3.85. The van der Waals surface area contributed by atoms with E-state index in [1.165, 1.54) is 30.3 Å². The number of hydrogen-bond acceptors (Lipinski definition) is 3. The fourth-order valence-electron chi connectivity index (χ4n) is 2.67. The number of halogens is 2. The van der Waals surface area contributed by atoms with Crippen molar-refractivity contribution in [3.05, 3.63) is 86.1 Å². The van der Waals surface area contributed by atoms with Gasteiger partial charge < -0.3 is 10.3 Å². The molecule has 0 saturated carbocycles. The fourth-order valence-corrected chi connectivity index (χ4v) is 2.86. The quantitative estimate of drug-likeness (QED) is 0.516. The van der Waals surface area contributed by atoms with Crippen molar-refractivity contribution in [2.45, 2.75) is 0 Å². The summed E-state index contributed by atoms with van der Waals surface area (Å²) >= 11 is 6.01. The number of nitrogens with one attached hydrogen (secondary N) is 3. The van der Waals surface area contributed by atoms with Crippen LogP contribution < -0.4 is 16.4 Å². The van der Waals surface area contributed by atoms with Crippen molar-refractivity contribution in [3.8, 4) is 11.3 Å². The highest BCUT2D eigenvalue weighted by atomic mass is 35.5. The van der Waals surface area contributed by atoms with Crippen molar-refractivity contribution in [2.24, 2.45) is 0 Å². The lowest BCUT2D eigenvalue weighted by Crippen LogP contribution is -2.15. The second kappa shape index (κ2) is 6.20. The van der Waals surface area contributed by atoms with Gasteiger partial charge in [-0.25, -0.2) is 4.39 Å². The van der Waals surface area contributed by atoms with Gasteiger partial charge in [-0.1, -0.05) is 23.7 Å². The van der Waals surface area contributed by atoms with Gasteiger partial charge in [0.1, 0.15) is 11.5 Å². The van der Waals surface area contributed by atoms with E-state index in [1.54, 1.807) is 24.3 Å². The molecule has 0 saturated heterocycles. The lowest BCUT2D eigenvalue weighted by Gasteiger charge is -2.06. The van der Waals surface area contributed by atoms with Crippen LogP contribution in [0, 0.1) is 5.82 Å². The summed E-state index contributed by atoms with van der Waals surface area (Å²) in [5.41, 5.74) is 1.26. The van der Waals surface area contributed by atoms with Crippen LogP contribution in [0.5, 0.6) is 0 Å². The van der Waals surface area contributed by atoms with Crippen LogP contribution in [0.3, 0.4) is 0 Å². The number of benzene rings is 2. The third-order valence-corrected chi connectivity index (χ3v) is 4.13. The average molecular weight is 371 g/mol. The normalized spacial score (nSPS) is 11.0. The molecule has 4 aromatic rings. The molecule has 0 aliphatic rings. The van der Waals surface area contributed by atoms with Gasteiger partial charge in [0.2, 0.25) is 0 Å². The zero-order valence-electron chi connectivity index (χ0n) is 13.2. The van der Waals surface area contributed by atoms with Crippen LogP contribution in [0.25, 0.3) is 16.9 Å². The van der Waals surface area contributed by atoms with Gasteiger partial charge in [-0.3, -0.25) is 14.7 Å². The Hall–Kier alpha value is -3.32. The molecule has 0 aliphatic carbocycles. The van der Waals surface area contributed by atoms with E-state index in [0.717, 1.165) is 4.52 Å². The molecular formula is C18H12ClFN4O2. The van der Waals surface area contributed by atoms with Crippen molar-refractivity contribution >= 4 is 28.6 Å². The Morgan fingerprint density at radius 2 is 1.81 bits per heavy atom. The molecule has 0 aliphatic heterocycles. The Labute approximate surface area is 150 Å². The molecule has 2 aromatic carbocycles. The van der Waals surface area contributed by atoms with Crippen molar-refractivity contribution < 1.29 is 4.39 Å². The summed E-state index contributed by atoms with van der Waals surface area (Å²) in [5, 5.41) is 5.91. The molecular weight excluding hydrogens is 359 g/mol. The van der Waals surface area contributed by atoms with Crippen molar-refractivity contribution in [3.63, 3.8) is 0 Å². The van der Waals surface area contributed by atoms with E-state index in [4.69, 9.17) is 11.6 Å². The standard InChI is InChI=1S/C18H12ClFN4O2/c19-11-3-1-2-10(8-11)14-9-15(25)24-17(22-14)16(18(26)23-24)21-13-6-4-12(20)5-7-13/h1-9,21-22H,(H,23,26). The maximum absolute atomic E-state index is 13.1. The molecule has 8 heteroatoms. The molecule has 3 N–H and O–H groups in total. The molecule has 0 unspecified atom stereocenters. The number of aromatic nitrogens is 3. The highest BCUT2D eigenvalue weighted by Crippen LogP contribution is 2.22. The van der Waals surface area contributed by atoms with Crippen LogP contribution in [0.1, 0.15) is 0 Å². The number of fused-ring (bicyclic) bond motifs is 1. The smallest absolute Gasteiger partial charge is 0.290 e. The minimum atomic E-state index is -0.481. The summed E-state index contributed by atoms with van der Waals surface area (Å²) in [6, 6.07) is 13.9. The zero-order valence-corrected chi connectivity index (χ0v) is 14.0. The van der Waals surface area contributed by atoms with Crippen molar-refractivity contribution in [2.75, 3.05) is 5.32 Å². The Bertz CT molecular complexity index is 1220. The van der Waals surface area contributed by atoms with Gasteiger partial charge in [0, 0.05) is 16.8 Å². The third-order valence-electron chi connectivity index (χ3n) is 3.89. The molecule has 2 heterocycles. The largest absolute Gasteiger partial charge is 0.348 e. The molecule has 6 nitrogen and oxygen atoms in total. The first-order valence-corrected chi connectivity index (χ1v) is 8.06. The van der Waals surface area contributed by atoms with Gasteiger partial charge in [-0.2, -0.15) is 4.52 Å². The first-order chi connectivity index (χ1) is 12.5. The number of hydrogen-bond donors (Lipinski definition) is 3. The fraction of sp³-hybridized carbons (Fsp3) is 0. The number of aromatic amines is 2. The summed E-state index contributed by atoms with van der Waals surface area (Å²) in [7, 11) is 0. The first kappa shape index (κ1) is 16.2. The molecule has 0 radical (unpaired) electrons. The van der Waals surface area contributed by atoms with E-state index >= 15 is 0 Å². The van der Waals surface area contributed by atoms with Crippen LogP contribution >= 0.6 is 11.6 Å². The number of rotatable bonds is 3. The van der Waals surface area contributed by atoms with Crippen LogP contribution in [0.15, 0.2) is 64.2 Å². The van der Waals surface area contributed by atoms with Crippen molar-refractivity contribution in [1.82, 2.24) is 14.6 Å². The molecule has 26 heavy (non-hydrogen) atoms. The van der Waals surface area contributed by atoms with Crippen molar-refractivity contribution in [1.29, 1.82) is 0 Å². The number of nitrogens with zero attached hydrogens (tertiary/aromatic N) is 1. The van der Waals surface area contributed by atoms with E-state index in [9.17, 15) is 14.0 Å². The Morgan fingerprint density at radius 1 is 1.04 bits per heavy atom. The summed E-state index contributed by atoms with van der Waals surface area (Å²) in [6.45, 7) is 0. The van der Waals surface area contributed by atoms with E-state index in [-0.39, 0.29) is 17.2 Å². The molecule has 2 aromatic heterocycles. The van der Waals surface area contributed by atoms with E-state index < -0.39 is 11.1 Å². The maximum atomic E-state index is 13.1. The molecule has 0 spiro atoms. The van der Waals surface area contributed by atoms with Gasteiger partial charge in [-0.15, -0.1) is 0 Å². The van der Waals surface area contributed by atoms with E-state index in [0.29, 0.717) is 22.0 Å². The summed E-state index contributed by atoms with van der Waals surface area (Å²) in [5.74, 6) is -0.386. The Morgan fingerprint density at radius 3 is 2.54 bits per heavy atom. The predicted molar refractivity (Wildman–Crippen MR) is 98.8 cm³/mol. The highest BCUT2D eigenvalue weighted by molar-refractivity contribution is 6.30. The second-order valence-electron chi connectivity index (χ2n) is 5.66. The minimum Gasteiger partial charge on any atom is -0.348 e. The van der Waals surface area contributed by atoms with Gasteiger partial charge in [0.25, 0.3) is 11.1 Å². The molecule has 0 bridgehead atoms. The first-order valence-electron chi connectivity index (χ1n) is 7.68. The molecule has 4 rings (SSSR count). The molecule has 130 valence electrons. The summed E-state index contributed by atoms with van der Waals surface area (Å²) < 4.78 is 14.2. The van der Waals surface area contributed by atoms with E-state index in [1.807, 2.05) is 0 Å². The minimum absolute atomic E-state index is 0.151. The maximum Gasteiger partial charge on any atom is 0.290 e.